The predicted octanol–water partition coefficient (Wildman–Crippen LogP) is 4.52. The van der Waals surface area contributed by atoms with E-state index in [0.29, 0.717) is 12.6 Å². The van der Waals surface area contributed by atoms with Crippen LogP contribution in [0.15, 0.2) is 34.7 Å². The highest BCUT2D eigenvalue weighted by Gasteiger charge is 2.24. The Balaban J connectivity index is 1.68. The monoisotopic (exact) mass is 326 g/mol. The van der Waals surface area contributed by atoms with Gasteiger partial charge in [-0.2, -0.15) is 0 Å². The van der Waals surface area contributed by atoms with E-state index in [0.717, 1.165) is 47.7 Å². The standard InChI is InChI=1S/C20H26N2O2/c1-14-12-17(20(23)22-11-5-4-6-15(22)2)8-10-19(14)21-13-18-9-7-16(3)24-18/h7-10,12,15,21H,4-6,11,13H2,1-3H3. The largest absolute Gasteiger partial charge is 0.465 e. The van der Waals surface area contributed by atoms with E-state index in [2.05, 4.69) is 12.2 Å². The molecule has 3 rings (SSSR count). The molecule has 1 N–H and O–H groups in total. The zero-order valence-electron chi connectivity index (χ0n) is 14.8. The van der Waals surface area contributed by atoms with Gasteiger partial charge in [0.25, 0.3) is 5.91 Å². The van der Waals surface area contributed by atoms with Gasteiger partial charge in [-0.25, -0.2) is 0 Å². The Bertz CT molecular complexity index is 720. The Morgan fingerprint density at radius 3 is 2.75 bits per heavy atom. The van der Waals surface area contributed by atoms with Crippen LogP contribution in [0.1, 0.15) is 53.6 Å². The summed E-state index contributed by atoms with van der Waals surface area (Å²) >= 11 is 0. The van der Waals surface area contributed by atoms with Crippen molar-refractivity contribution in [3.05, 3.63) is 53.0 Å². The third-order valence-corrected chi connectivity index (χ3v) is 4.79. The molecule has 0 spiro atoms. The maximum absolute atomic E-state index is 12.7. The van der Waals surface area contributed by atoms with Crippen LogP contribution in [0.3, 0.4) is 0 Å². The molecule has 1 amide bonds. The number of likely N-dealkylation sites (tertiary alicyclic amines) is 1. The molecule has 1 saturated heterocycles. The van der Waals surface area contributed by atoms with E-state index < -0.39 is 0 Å². The van der Waals surface area contributed by atoms with Crippen molar-refractivity contribution < 1.29 is 9.21 Å². The number of nitrogens with one attached hydrogen (secondary N) is 1. The maximum Gasteiger partial charge on any atom is 0.254 e. The lowest BCUT2D eigenvalue weighted by Gasteiger charge is -2.33. The van der Waals surface area contributed by atoms with Crippen molar-refractivity contribution in [1.29, 1.82) is 0 Å². The molecule has 1 atom stereocenters. The molecule has 2 heterocycles. The number of hydrogen-bond donors (Lipinski definition) is 1. The van der Waals surface area contributed by atoms with Gasteiger partial charge in [-0.15, -0.1) is 0 Å². The number of anilines is 1. The number of nitrogens with zero attached hydrogens (tertiary/aromatic N) is 1. The molecule has 1 aliphatic rings. The van der Waals surface area contributed by atoms with E-state index >= 15 is 0 Å². The van der Waals surface area contributed by atoms with Crippen molar-refractivity contribution >= 4 is 11.6 Å². The third-order valence-electron chi connectivity index (χ3n) is 4.79. The number of piperidine rings is 1. The van der Waals surface area contributed by atoms with Gasteiger partial charge in [0.1, 0.15) is 11.5 Å². The number of furan rings is 1. The summed E-state index contributed by atoms with van der Waals surface area (Å²) in [5.74, 6) is 1.98. The zero-order valence-corrected chi connectivity index (χ0v) is 14.8. The second-order valence-corrected chi connectivity index (χ2v) is 6.74. The lowest BCUT2D eigenvalue weighted by atomic mass is 10.0. The van der Waals surface area contributed by atoms with Gasteiger partial charge in [-0.3, -0.25) is 4.79 Å². The molecular weight excluding hydrogens is 300 g/mol. The van der Waals surface area contributed by atoms with Crippen LogP contribution in [-0.4, -0.2) is 23.4 Å². The molecule has 0 bridgehead atoms. The summed E-state index contributed by atoms with van der Waals surface area (Å²) < 4.78 is 5.57. The number of aryl methyl sites for hydroxylation is 2. The molecule has 128 valence electrons. The number of carbonyl (C=O) groups is 1. The van der Waals surface area contributed by atoms with Gasteiger partial charge in [0, 0.05) is 23.8 Å². The summed E-state index contributed by atoms with van der Waals surface area (Å²) in [6.45, 7) is 7.64. The molecule has 24 heavy (non-hydrogen) atoms. The second-order valence-electron chi connectivity index (χ2n) is 6.74. The number of rotatable bonds is 4. The first kappa shape index (κ1) is 16.6. The van der Waals surface area contributed by atoms with Crippen LogP contribution in [0.25, 0.3) is 0 Å². The van der Waals surface area contributed by atoms with Gasteiger partial charge in [-0.1, -0.05) is 0 Å². The molecule has 1 aromatic carbocycles. The highest BCUT2D eigenvalue weighted by molar-refractivity contribution is 5.95. The van der Waals surface area contributed by atoms with Gasteiger partial charge in [-0.05, 0) is 75.9 Å². The predicted molar refractivity (Wildman–Crippen MR) is 96.3 cm³/mol. The Morgan fingerprint density at radius 1 is 1.25 bits per heavy atom. The quantitative estimate of drug-likeness (QED) is 0.898. The number of carbonyl (C=O) groups excluding carboxylic acids is 1. The van der Waals surface area contributed by atoms with Crippen molar-refractivity contribution in [1.82, 2.24) is 4.90 Å². The second kappa shape index (κ2) is 7.12. The topological polar surface area (TPSA) is 45.5 Å². The number of benzene rings is 1. The highest BCUT2D eigenvalue weighted by atomic mass is 16.3. The fourth-order valence-electron chi connectivity index (χ4n) is 3.32. The van der Waals surface area contributed by atoms with E-state index in [1.807, 2.05) is 49.1 Å². The highest BCUT2D eigenvalue weighted by Crippen LogP contribution is 2.22. The van der Waals surface area contributed by atoms with Gasteiger partial charge in [0.05, 0.1) is 6.54 Å². The summed E-state index contributed by atoms with van der Waals surface area (Å²) in [4.78, 5) is 14.8. The molecule has 1 unspecified atom stereocenters. The van der Waals surface area contributed by atoms with Crippen LogP contribution in [0.4, 0.5) is 5.69 Å². The van der Waals surface area contributed by atoms with Crippen molar-refractivity contribution in [3.63, 3.8) is 0 Å². The molecule has 1 aromatic heterocycles. The first-order chi connectivity index (χ1) is 11.5. The summed E-state index contributed by atoms with van der Waals surface area (Å²) in [5, 5.41) is 3.38. The molecule has 4 heteroatoms. The molecule has 2 aromatic rings. The Morgan fingerprint density at radius 2 is 2.08 bits per heavy atom. The van der Waals surface area contributed by atoms with Gasteiger partial charge < -0.3 is 14.6 Å². The van der Waals surface area contributed by atoms with Gasteiger partial charge in [0.15, 0.2) is 0 Å². The maximum atomic E-state index is 12.7. The fraction of sp³-hybridized carbons (Fsp3) is 0.450. The fourth-order valence-corrected chi connectivity index (χ4v) is 3.32. The van der Waals surface area contributed by atoms with E-state index in [-0.39, 0.29) is 5.91 Å². The SMILES string of the molecule is Cc1ccc(CNc2ccc(C(=O)N3CCCCC3C)cc2C)o1. The first-order valence-electron chi connectivity index (χ1n) is 8.75. The number of amides is 1. The lowest BCUT2D eigenvalue weighted by molar-refractivity contribution is 0.0635. The van der Waals surface area contributed by atoms with E-state index in [4.69, 9.17) is 4.42 Å². The summed E-state index contributed by atoms with van der Waals surface area (Å²) in [6, 6.07) is 10.2. The van der Waals surface area contributed by atoms with Crippen molar-refractivity contribution in [2.45, 2.75) is 52.6 Å². The molecule has 0 radical (unpaired) electrons. The van der Waals surface area contributed by atoms with Crippen LogP contribution >= 0.6 is 0 Å². The average Bonchev–Trinajstić information content (AvgIpc) is 2.99. The normalized spacial score (nSPS) is 17.8. The lowest BCUT2D eigenvalue weighted by Crippen LogP contribution is -2.42. The Hall–Kier alpha value is -2.23. The van der Waals surface area contributed by atoms with Crippen molar-refractivity contribution in [2.75, 3.05) is 11.9 Å². The van der Waals surface area contributed by atoms with Gasteiger partial charge >= 0.3 is 0 Å². The van der Waals surface area contributed by atoms with E-state index in [9.17, 15) is 4.79 Å². The van der Waals surface area contributed by atoms with Crippen LogP contribution in [0.2, 0.25) is 0 Å². The smallest absolute Gasteiger partial charge is 0.254 e. The van der Waals surface area contributed by atoms with Crippen molar-refractivity contribution in [3.8, 4) is 0 Å². The average molecular weight is 326 g/mol. The van der Waals surface area contributed by atoms with Crippen molar-refractivity contribution in [2.24, 2.45) is 0 Å². The summed E-state index contributed by atoms with van der Waals surface area (Å²) in [7, 11) is 0. The Kier molecular flexibility index (Phi) is 4.93. The van der Waals surface area contributed by atoms with E-state index in [1.165, 1.54) is 6.42 Å². The minimum atomic E-state index is 0.151. The molecule has 1 aliphatic heterocycles. The molecule has 4 nitrogen and oxygen atoms in total. The van der Waals surface area contributed by atoms with Crippen LogP contribution in [0.5, 0.6) is 0 Å². The van der Waals surface area contributed by atoms with Crippen LogP contribution in [-0.2, 0) is 6.54 Å². The molecule has 1 fully saturated rings. The third kappa shape index (κ3) is 3.64. The molecule has 0 aliphatic carbocycles. The molecule has 0 saturated carbocycles. The Labute approximate surface area is 143 Å². The van der Waals surface area contributed by atoms with E-state index in [1.54, 1.807) is 0 Å². The minimum Gasteiger partial charge on any atom is -0.465 e. The first-order valence-corrected chi connectivity index (χ1v) is 8.75. The molecular formula is C20H26N2O2. The number of hydrogen-bond acceptors (Lipinski definition) is 3. The van der Waals surface area contributed by atoms with Crippen LogP contribution < -0.4 is 5.32 Å². The summed E-state index contributed by atoms with van der Waals surface area (Å²) in [6.07, 6.45) is 3.43. The summed E-state index contributed by atoms with van der Waals surface area (Å²) in [5.41, 5.74) is 2.89. The zero-order chi connectivity index (χ0) is 17.1. The van der Waals surface area contributed by atoms with Gasteiger partial charge in [0.2, 0.25) is 0 Å². The minimum absolute atomic E-state index is 0.151. The van der Waals surface area contributed by atoms with Crippen LogP contribution in [0, 0.1) is 13.8 Å².